The molecule has 0 aromatic heterocycles. The van der Waals surface area contributed by atoms with Gasteiger partial charge in [0, 0.05) is 16.6 Å². The second-order valence-corrected chi connectivity index (χ2v) is 3.21. The van der Waals surface area contributed by atoms with Crippen LogP contribution in [0, 0.1) is 0 Å². The van der Waals surface area contributed by atoms with Gasteiger partial charge in [0.05, 0.1) is 0 Å². The largest absolute Gasteiger partial charge is 0.326 e. The third-order valence-electron chi connectivity index (χ3n) is 1.55. The zero-order valence-electron chi connectivity index (χ0n) is 6.23. The fourth-order valence-electron chi connectivity index (χ4n) is 0.865. The van der Waals surface area contributed by atoms with Crippen molar-refractivity contribution in [3.63, 3.8) is 0 Å². The molecule has 4 heteroatoms. The highest BCUT2D eigenvalue weighted by atomic mass is 79.9. The lowest BCUT2D eigenvalue weighted by Crippen LogP contribution is -1.97. The molecule has 0 saturated heterocycles. The normalized spacial score (nSPS) is 10.8. The summed E-state index contributed by atoms with van der Waals surface area (Å²) in [5, 5.41) is 0. The lowest BCUT2D eigenvalue weighted by molar-refractivity contribution is 0.151. The number of benzene rings is 1. The second kappa shape index (κ2) is 3.96. The van der Waals surface area contributed by atoms with Crippen molar-refractivity contribution in [3.05, 3.63) is 33.8 Å². The van der Waals surface area contributed by atoms with Gasteiger partial charge in [-0.3, -0.25) is 0 Å². The Balaban J connectivity index is 3.02. The molecule has 1 aromatic rings. The first kappa shape index (κ1) is 9.61. The first-order chi connectivity index (χ1) is 5.65. The Morgan fingerprint density at radius 3 is 2.50 bits per heavy atom. The van der Waals surface area contributed by atoms with Gasteiger partial charge in [-0.15, -0.1) is 0 Å². The van der Waals surface area contributed by atoms with Gasteiger partial charge < -0.3 is 5.73 Å². The van der Waals surface area contributed by atoms with Crippen LogP contribution in [0.1, 0.15) is 17.6 Å². The summed E-state index contributed by atoms with van der Waals surface area (Å²) in [6.45, 7) is 0.351. The molecule has 0 aliphatic rings. The standard InChI is InChI=1S/C8H8BrF2N/c9-7-3-5(8(10)11)1-2-6(7)4-12/h1-3,8H,4,12H2. The molecule has 0 spiro atoms. The highest BCUT2D eigenvalue weighted by Gasteiger charge is 2.08. The predicted octanol–water partition coefficient (Wildman–Crippen LogP) is 2.85. The van der Waals surface area contributed by atoms with E-state index in [0.29, 0.717) is 11.0 Å². The molecule has 0 aliphatic carbocycles. The van der Waals surface area contributed by atoms with Gasteiger partial charge in [0.25, 0.3) is 6.43 Å². The Hall–Kier alpha value is -0.480. The molecule has 1 aromatic carbocycles. The molecule has 0 saturated carbocycles. The number of hydrogen-bond donors (Lipinski definition) is 1. The minimum Gasteiger partial charge on any atom is -0.326 e. The van der Waals surface area contributed by atoms with Gasteiger partial charge in [-0.25, -0.2) is 8.78 Å². The van der Waals surface area contributed by atoms with Crippen LogP contribution in [-0.2, 0) is 6.54 Å². The average molecular weight is 236 g/mol. The Kier molecular flexibility index (Phi) is 3.17. The van der Waals surface area contributed by atoms with Crippen molar-refractivity contribution in [1.82, 2.24) is 0 Å². The number of rotatable bonds is 2. The van der Waals surface area contributed by atoms with Crippen LogP contribution >= 0.6 is 15.9 Å². The van der Waals surface area contributed by atoms with Gasteiger partial charge in [-0.05, 0) is 11.6 Å². The summed E-state index contributed by atoms with van der Waals surface area (Å²) in [6, 6.07) is 4.38. The molecule has 66 valence electrons. The molecule has 2 N–H and O–H groups in total. The summed E-state index contributed by atoms with van der Waals surface area (Å²) in [5.41, 5.74) is 6.21. The van der Waals surface area contributed by atoms with E-state index in [-0.39, 0.29) is 5.56 Å². The molecule has 1 nitrogen and oxygen atoms in total. The molecule has 0 aliphatic heterocycles. The van der Waals surface area contributed by atoms with Crippen molar-refractivity contribution >= 4 is 15.9 Å². The number of halogens is 3. The van der Waals surface area contributed by atoms with Crippen LogP contribution in [0.25, 0.3) is 0 Å². The topological polar surface area (TPSA) is 26.0 Å². The molecule has 0 unspecified atom stereocenters. The van der Waals surface area contributed by atoms with Crippen LogP contribution < -0.4 is 5.73 Å². The molecule has 0 bridgehead atoms. The summed E-state index contributed by atoms with van der Waals surface area (Å²) in [7, 11) is 0. The summed E-state index contributed by atoms with van der Waals surface area (Å²) in [6.07, 6.45) is -2.42. The van der Waals surface area contributed by atoms with Gasteiger partial charge in [0.15, 0.2) is 0 Å². The fourth-order valence-corrected chi connectivity index (χ4v) is 1.42. The summed E-state index contributed by atoms with van der Waals surface area (Å²) >= 11 is 3.16. The molecule has 0 heterocycles. The Morgan fingerprint density at radius 2 is 2.08 bits per heavy atom. The van der Waals surface area contributed by atoms with Crippen LogP contribution in [-0.4, -0.2) is 0 Å². The number of hydrogen-bond acceptors (Lipinski definition) is 1. The van der Waals surface area contributed by atoms with Crippen LogP contribution in [0.5, 0.6) is 0 Å². The Morgan fingerprint density at radius 1 is 1.42 bits per heavy atom. The lowest BCUT2D eigenvalue weighted by Gasteiger charge is -2.03. The summed E-state index contributed by atoms with van der Waals surface area (Å²) in [4.78, 5) is 0. The SMILES string of the molecule is NCc1ccc(C(F)F)cc1Br. The maximum absolute atomic E-state index is 12.1. The van der Waals surface area contributed by atoms with Crippen molar-refractivity contribution in [2.24, 2.45) is 5.73 Å². The van der Waals surface area contributed by atoms with Gasteiger partial charge in [-0.1, -0.05) is 28.1 Å². The lowest BCUT2D eigenvalue weighted by atomic mass is 10.1. The number of alkyl halides is 2. The minimum absolute atomic E-state index is 0.0130. The van der Waals surface area contributed by atoms with Crippen LogP contribution in [0.3, 0.4) is 0 Å². The van der Waals surface area contributed by atoms with E-state index in [1.54, 1.807) is 6.07 Å². The van der Waals surface area contributed by atoms with Gasteiger partial charge in [-0.2, -0.15) is 0 Å². The van der Waals surface area contributed by atoms with E-state index >= 15 is 0 Å². The van der Waals surface area contributed by atoms with Crippen LogP contribution in [0.2, 0.25) is 0 Å². The van der Waals surface area contributed by atoms with Crippen molar-refractivity contribution in [3.8, 4) is 0 Å². The quantitative estimate of drug-likeness (QED) is 0.839. The van der Waals surface area contributed by atoms with Crippen molar-refractivity contribution in [2.45, 2.75) is 13.0 Å². The number of nitrogens with two attached hydrogens (primary N) is 1. The first-order valence-corrected chi connectivity index (χ1v) is 4.21. The van der Waals surface area contributed by atoms with Crippen molar-refractivity contribution in [2.75, 3.05) is 0 Å². The zero-order chi connectivity index (χ0) is 9.14. The van der Waals surface area contributed by atoms with E-state index in [9.17, 15) is 8.78 Å². The highest BCUT2D eigenvalue weighted by molar-refractivity contribution is 9.10. The minimum atomic E-state index is -2.42. The van der Waals surface area contributed by atoms with Gasteiger partial charge in [0.1, 0.15) is 0 Å². The molecule has 0 amide bonds. The Labute approximate surface area is 77.7 Å². The maximum Gasteiger partial charge on any atom is 0.263 e. The van der Waals surface area contributed by atoms with Crippen molar-refractivity contribution in [1.29, 1.82) is 0 Å². The van der Waals surface area contributed by atoms with Crippen molar-refractivity contribution < 1.29 is 8.78 Å². The molecule has 0 radical (unpaired) electrons. The van der Waals surface area contributed by atoms with E-state index < -0.39 is 6.43 Å². The molecule has 12 heavy (non-hydrogen) atoms. The van der Waals surface area contributed by atoms with E-state index in [2.05, 4.69) is 15.9 Å². The molecule has 0 atom stereocenters. The molecule has 0 fully saturated rings. The van der Waals surface area contributed by atoms with Gasteiger partial charge in [0.2, 0.25) is 0 Å². The van der Waals surface area contributed by atoms with Crippen LogP contribution in [0.4, 0.5) is 8.78 Å². The predicted molar refractivity (Wildman–Crippen MR) is 47.0 cm³/mol. The maximum atomic E-state index is 12.1. The molecule has 1 rings (SSSR count). The molecular formula is C8H8BrF2N. The van der Waals surface area contributed by atoms with E-state index in [1.165, 1.54) is 12.1 Å². The zero-order valence-corrected chi connectivity index (χ0v) is 7.81. The van der Waals surface area contributed by atoms with E-state index in [1.807, 2.05) is 0 Å². The smallest absolute Gasteiger partial charge is 0.263 e. The monoisotopic (exact) mass is 235 g/mol. The van der Waals surface area contributed by atoms with E-state index in [4.69, 9.17) is 5.73 Å². The third-order valence-corrected chi connectivity index (χ3v) is 2.29. The fraction of sp³-hybridized carbons (Fsp3) is 0.250. The Bertz CT molecular complexity index is 276. The van der Waals surface area contributed by atoms with Gasteiger partial charge >= 0.3 is 0 Å². The van der Waals surface area contributed by atoms with Crippen LogP contribution in [0.15, 0.2) is 22.7 Å². The average Bonchev–Trinajstić information content (AvgIpc) is 2.04. The molecular weight excluding hydrogens is 228 g/mol. The van der Waals surface area contributed by atoms with E-state index in [0.717, 1.165) is 5.56 Å². The summed E-state index contributed by atoms with van der Waals surface area (Å²) in [5.74, 6) is 0. The first-order valence-electron chi connectivity index (χ1n) is 3.41. The third kappa shape index (κ3) is 2.01. The highest BCUT2D eigenvalue weighted by Crippen LogP contribution is 2.24. The summed E-state index contributed by atoms with van der Waals surface area (Å²) < 4.78 is 24.9. The second-order valence-electron chi connectivity index (χ2n) is 2.36.